The lowest BCUT2D eigenvalue weighted by Gasteiger charge is -2.37. The second-order valence-corrected chi connectivity index (χ2v) is 20.8. The van der Waals surface area contributed by atoms with Crippen LogP contribution in [0.2, 0.25) is 0 Å². The number of sulfone groups is 2. The number of benzene rings is 6. The molecule has 0 fully saturated rings. The van der Waals surface area contributed by atoms with Gasteiger partial charge in [0.05, 0.1) is 32.1 Å². The summed E-state index contributed by atoms with van der Waals surface area (Å²) in [6.45, 7) is 0. The average molecular weight is 951 g/mol. The minimum Gasteiger partial charge on any atom is -0.310 e. The molecule has 6 aliphatic rings. The summed E-state index contributed by atoms with van der Waals surface area (Å²) in [5.74, 6) is -1.82. The Kier molecular flexibility index (Phi) is 8.33. The fourth-order valence-electron chi connectivity index (χ4n) is 9.00. The number of ketones is 2. The van der Waals surface area contributed by atoms with Crippen molar-refractivity contribution in [2.75, 3.05) is 4.90 Å². The van der Waals surface area contributed by atoms with Crippen LogP contribution in [0.15, 0.2) is 202 Å². The molecule has 0 saturated heterocycles. The smallest absolute Gasteiger partial charge is 0.186 e. The molecule has 6 aromatic carbocycles. The summed E-state index contributed by atoms with van der Waals surface area (Å²) < 4.78 is 126. The minimum atomic E-state index is -3.70. The maximum Gasteiger partial charge on any atom is 0.186 e. The van der Waals surface area contributed by atoms with E-state index in [0.717, 1.165) is 33.2 Å². The second-order valence-electron chi connectivity index (χ2n) is 15.8. The van der Waals surface area contributed by atoms with Gasteiger partial charge in [-0.25, -0.2) is 16.8 Å². The molecule has 0 radical (unpaired) electrons. The van der Waals surface area contributed by atoms with E-state index >= 15 is 0 Å². The topological polar surface area (TPSA) is 106 Å². The summed E-state index contributed by atoms with van der Waals surface area (Å²) in [7, 11) is -7.17. The summed E-state index contributed by atoms with van der Waals surface area (Å²) in [5, 5.41) is -1.73. The van der Waals surface area contributed by atoms with Gasteiger partial charge in [-0.1, -0.05) is 162 Å². The molecule has 0 saturated carbocycles. The van der Waals surface area contributed by atoms with Gasteiger partial charge in [-0.2, -0.15) is 0 Å². The van der Waals surface area contributed by atoms with Crippen LogP contribution >= 0.6 is 15.9 Å². The van der Waals surface area contributed by atoms with E-state index in [4.69, 9.17) is 17.4 Å². The maximum absolute atomic E-state index is 13.3. The van der Waals surface area contributed by atoms with Crippen molar-refractivity contribution in [3.63, 3.8) is 0 Å². The number of para-hydroxylation sites is 2. The Bertz CT molecular complexity index is 3370. The fraction of sp³-hybridized carbons (Fsp3) is 0.132. The third kappa shape index (κ3) is 7.20. The molecule has 0 amide bonds. The third-order valence-corrected chi connectivity index (χ3v) is 16.8. The standard InChI is InChI=1S/C26H19NO3S.C14H12.C13H9BrO3S.4H2/c28-26-20-9-3-6-12-24(20)31(29,30)25-14-13-19(16-21(25)26)27-22-10-4-1-7-17(22)15-18-8-2-5-11-23(18)27;1-2-6-12-10-14-8-4-3-7-13(14)9-11(12)5-1;14-8-5-6-12-10(7-8)13(15)9-3-1-2-4-11(9)18(12,16)17;;;;/h1-14,16,21,25H,15H2;1-8H,9-10H2;1-7,10,12H;4*1H/i15D2;9D2;;4*1+1D. The number of nitrogens with zero attached hydrogens (tertiary/aromatic N) is 1. The number of hydrogen-bond donors (Lipinski definition) is 0. The SMILES string of the molecule is O=C1c2ccccc2S(=O)(=O)C2C=CC(Br)=CC12.[2H]C1([2H])c2ccccc2Cc2ccccc21.[2H]C1([2H])c2ccccc2N(C2=CC3C(=O)c4ccccc4S(=O)(=O)C3C=C2)c2ccccc21.[2H][2H].[2H][2H].[2H][2H].[2H][2H]. The molecule has 3 heterocycles. The first-order chi connectivity index (χ1) is 36.0. The van der Waals surface area contributed by atoms with Crippen LogP contribution in [-0.4, -0.2) is 38.9 Å². The maximum atomic E-state index is 13.3. The largest absolute Gasteiger partial charge is 0.310 e. The van der Waals surface area contributed by atoms with E-state index in [0.29, 0.717) is 33.8 Å². The van der Waals surface area contributed by atoms with E-state index in [9.17, 15) is 26.4 Å². The Balaban J connectivity index is 0.000000185. The highest BCUT2D eigenvalue weighted by Crippen LogP contribution is 2.45. The number of rotatable bonds is 1. The fourth-order valence-corrected chi connectivity index (χ4v) is 13.3. The zero-order valence-electron chi connectivity index (χ0n) is 45.4. The predicted octanol–water partition coefficient (Wildman–Crippen LogP) is 11.5. The number of allylic oxidation sites excluding steroid dienone is 5. The molecule has 4 atom stereocenters. The molecule has 4 unspecified atom stereocenters. The van der Waals surface area contributed by atoms with Crippen LogP contribution in [-0.2, 0) is 38.8 Å². The number of carbonyl (C=O) groups excluding carboxylic acids is 2. The average Bonchev–Trinajstić information content (AvgIpc) is 3.44. The highest BCUT2D eigenvalue weighted by Gasteiger charge is 2.46. The van der Waals surface area contributed by atoms with Gasteiger partial charge in [-0.05, 0) is 82.6 Å². The second kappa shape index (κ2) is 16.2. The molecule has 3 aliphatic carbocycles. The van der Waals surface area contributed by atoms with Gasteiger partial charge in [0.2, 0.25) is 0 Å². The Morgan fingerprint density at radius 1 is 0.524 bits per heavy atom. The van der Waals surface area contributed by atoms with Gasteiger partial charge in [-0.3, -0.25) is 9.59 Å². The normalized spacial score (nSPS) is 25.2. The van der Waals surface area contributed by atoms with Crippen molar-refractivity contribution in [3.8, 4) is 0 Å². The zero-order valence-corrected chi connectivity index (χ0v) is 36.6. The van der Waals surface area contributed by atoms with E-state index < -0.39 is 54.8 Å². The monoisotopic (exact) mass is 949 g/mol. The van der Waals surface area contributed by atoms with E-state index in [2.05, 4.69) is 15.9 Å². The lowest BCUT2D eigenvalue weighted by Crippen LogP contribution is -2.40. The summed E-state index contributed by atoms with van der Waals surface area (Å²) in [6.07, 6.45) is 7.77. The van der Waals surface area contributed by atoms with Gasteiger partial charge >= 0.3 is 0 Å². The van der Waals surface area contributed by atoms with Crippen LogP contribution in [0.25, 0.3) is 0 Å². The van der Waals surface area contributed by atoms with Gasteiger partial charge in [0.15, 0.2) is 31.2 Å². The molecule has 10 heteroatoms. The van der Waals surface area contributed by atoms with E-state index in [-0.39, 0.29) is 26.9 Å². The Hall–Kier alpha value is -6.20. The van der Waals surface area contributed by atoms with Crippen molar-refractivity contribution < 1.29 is 43.8 Å². The van der Waals surface area contributed by atoms with Crippen LogP contribution < -0.4 is 4.90 Å². The van der Waals surface area contributed by atoms with Crippen molar-refractivity contribution in [2.24, 2.45) is 11.8 Å². The first kappa shape index (κ1) is 32.5. The molecular weight excluding hydrogens is 891 g/mol. The summed E-state index contributed by atoms with van der Waals surface area (Å²) in [4.78, 5) is 27.8. The highest BCUT2D eigenvalue weighted by molar-refractivity contribution is 9.11. The van der Waals surface area contributed by atoms with Crippen molar-refractivity contribution in [2.45, 2.75) is 39.5 Å². The van der Waals surface area contributed by atoms with Gasteiger partial charge in [0.1, 0.15) is 0 Å². The molecule has 3 aliphatic heterocycles. The van der Waals surface area contributed by atoms with Crippen LogP contribution in [0, 0.1) is 11.8 Å². The van der Waals surface area contributed by atoms with Gasteiger partial charge in [-0.15, -0.1) is 0 Å². The number of halogens is 1. The molecule has 63 heavy (non-hydrogen) atoms. The predicted molar refractivity (Wildman–Crippen MR) is 259 cm³/mol. The Labute approximate surface area is 393 Å². The van der Waals surface area contributed by atoms with Crippen LogP contribution in [0.1, 0.15) is 71.5 Å². The van der Waals surface area contributed by atoms with E-state index in [1.54, 1.807) is 97.1 Å². The van der Waals surface area contributed by atoms with Crippen molar-refractivity contribution in [3.05, 3.63) is 237 Å². The first-order valence-electron chi connectivity index (χ1n) is 26.4. The van der Waals surface area contributed by atoms with Crippen molar-refractivity contribution in [1.29, 1.82) is 0 Å². The minimum absolute atomic E-state index is 0.0830. The molecule has 6 aromatic rings. The van der Waals surface area contributed by atoms with Gasteiger partial charge < -0.3 is 4.90 Å². The van der Waals surface area contributed by atoms with Crippen molar-refractivity contribution in [1.82, 2.24) is 0 Å². The molecule has 0 spiro atoms. The zero-order chi connectivity index (χ0) is 55.0. The van der Waals surface area contributed by atoms with Crippen LogP contribution in [0.3, 0.4) is 0 Å². The third-order valence-electron chi connectivity index (χ3n) is 12.0. The lowest BCUT2D eigenvalue weighted by atomic mass is 9.86. The summed E-state index contributed by atoms with van der Waals surface area (Å²) >= 11 is 3.28. The van der Waals surface area contributed by atoms with E-state index in [1.165, 1.54) is 12.1 Å². The molecular formula is C53H48BrNO6S2. The first-order valence-corrected chi connectivity index (χ1v) is 24.3. The number of fused-ring (bicyclic) bond motifs is 8. The lowest BCUT2D eigenvalue weighted by molar-refractivity contribution is 0.0931. The molecule has 320 valence electrons. The Morgan fingerprint density at radius 2 is 0.921 bits per heavy atom. The number of Topliss-reactive ketones (excluding diaryl/α,β-unsaturated/α-hetero) is 2. The number of carbonyl (C=O) groups is 2. The van der Waals surface area contributed by atoms with E-state index in [1.807, 2.05) is 77.7 Å². The van der Waals surface area contributed by atoms with Gasteiger partial charge in [0, 0.05) is 56.4 Å². The molecule has 0 aromatic heterocycles. The molecule has 12 rings (SSSR count). The molecule has 7 nitrogen and oxygen atoms in total. The van der Waals surface area contributed by atoms with Crippen LogP contribution in [0.4, 0.5) is 11.4 Å². The molecule has 0 bridgehead atoms. The van der Waals surface area contributed by atoms with Crippen molar-refractivity contribution >= 4 is 58.5 Å². The highest BCUT2D eigenvalue weighted by atomic mass is 79.9. The Morgan fingerprint density at radius 3 is 1.44 bits per heavy atom. The summed E-state index contributed by atoms with van der Waals surface area (Å²) in [5.41, 5.74) is 7.38. The molecule has 0 N–H and O–H groups in total. The van der Waals surface area contributed by atoms with Crippen LogP contribution in [0.5, 0.6) is 0 Å². The quantitative estimate of drug-likeness (QED) is 0.162. The number of anilines is 2. The van der Waals surface area contributed by atoms with Gasteiger partial charge in [0.25, 0.3) is 0 Å². The summed E-state index contributed by atoms with van der Waals surface area (Å²) in [6, 6.07) is 42.9. The number of hydrogen-bond acceptors (Lipinski definition) is 7.